The molecule has 0 spiro atoms. The van der Waals surface area contributed by atoms with Gasteiger partial charge in [0.25, 0.3) is 0 Å². The summed E-state index contributed by atoms with van der Waals surface area (Å²) < 4.78 is 13.0. The second-order valence-corrected chi connectivity index (χ2v) is 4.32. The van der Waals surface area contributed by atoms with Crippen molar-refractivity contribution < 1.29 is 19.1 Å². The molecular formula is C13H17FN2O3. The highest BCUT2D eigenvalue weighted by atomic mass is 19.1. The summed E-state index contributed by atoms with van der Waals surface area (Å²) in [6.45, 7) is 1.70. The summed E-state index contributed by atoms with van der Waals surface area (Å²) in [5.41, 5.74) is 6.20. The molecule has 2 unspecified atom stereocenters. The molecule has 19 heavy (non-hydrogen) atoms. The smallest absolute Gasteiger partial charge is 0.303 e. The minimum absolute atomic E-state index is 0.0665. The molecule has 104 valence electrons. The third-order valence-electron chi connectivity index (χ3n) is 2.71. The largest absolute Gasteiger partial charge is 0.481 e. The maximum absolute atomic E-state index is 13.0. The molecule has 0 saturated carbocycles. The molecule has 4 N–H and O–H groups in total. The number of aliphatic carboxylic acids is 1. The van der Waals surface area contributed by atoms with Crippen LogP contribution in [0.15, 0.2) is 24.3 Å². The first-order valence-corrected chi connectivity index (χ1v) is 5.93. The van der Waals surface area contributed by atoms with Crippen molar-refractivity contribution >= 4 is 11.9 Å². The number of carbonyl (C=O) groups is 2. The molecular weight excluding hydrogens is 251 g/mol. The molecule has 2 atom stereocenters. The summed E-state index contributed by atoms with van der Waals surface area (Å²) in [5.74, 6) is -1.83. The monoisotopic (exact) mass is 268 g/mol. The van der Waals surface area contributed by atoms with E-state index in [-0.39, 0.29) is 24.7 Å². The number of carboxylic acids is 1. The highest BCUT2D eigenvalue weighted by molar-refractivity contribution is 5.82. The lowest BCUT2D eigenvalue weighted by atomic mass is 10.1. The summed E-state index contributed by atoms with van der Waals surface area (Å²) in [5, 5.41) is 11.1. The number of hydrogen-bond donors (Lipinski definition) is 3. The van der Waals surface area contributed by atoms with Crippen molar-refractivity contribution in [1.29, 1.82) is 0 Å². The number of hydrogen-bond acceptors (Lipinski definition) is 3. The van der Waals surface area contributed by atoms with Gasteiger partial charge in [-0.3, -0.25) is 9.59 Å². The molecule has 0 bridgehead atoms. The number of carbonyl (C=O) groups excluding carboxylic acids is 1. The molecule has 5 nitrogen and oxygen atoms in total. The van der Waals surface area contributed by atoms with Crippen LogP contribution >= 0.6 is 0 Å². The molecule has 6 heteroatoms. The normalized spacial score (nSPS) is 13.6. The van der Waals surface area contributed by atoms with E-state index in [2.05, 4.69) is 5.32 Å². The zero-order valence-corrected chi connectivity index (χ0v) is 10.6. The minimum Gasteiger partial charge on any atom is -0.481 e. The number of nitrogens with two attached hydrogens (primary N) is 1. The summed E-state index contributed by atoms with van der Waals surface area (Å²) >= 11 is 0. The van der Waals surface area contributed by atoms with Crippen LogP contribution in [0.2, 0.25) is 0 Å². The second kappa shape index (κ2) is 6.84. The van der Waals surface area contributed by atoms with Crippen molar-refractivity contribution in [3.05, 3.63) is 35.6 Å². The molecule has 1 aromatic carbocycles. The fraction of sp³-hybridized carbons (Fsp3) is 0.385. The fourth-order valence-electron chi connectivity index (χ4n) is 1.59. The van der Waals surface area contributed by atoms with Crippen LogP contribution in [0.5, 0.6) is 0 Å². The number of amides is 1. The van der Waals surface area contributed by atoms with Gasteiger partial charge in [0.15, 0.2) is 0 Å². The maximum Gasteiger partial charge on any atom is 0.303 e. The van der Waals surface area contributed by atoms with E-state index in [1.54, 1.807) is 19.1 Å². The summed E-state index contributed by atoms with van der Waals surface area (Å²) in [7, 11) is 0. The summed E-state index contributed by atoms with van der Waals surface area (Å²) in [4.78, 5) is 22.1. The Labute approximate surface area is 110 Å². The molecule has 0 saturated heterocycles. The van der Waals surface area contributed by atoms with Gasteiger partial charge in [0.05, 0.1) is 12.1 Å². The van der Waals surface area contributed by atoms with Crippen molar-refractivity contribution in [1.82, 2.24) is 5.32 Å². The molecule has 0 aromatic heterocycles. The zero-order valence-electron chi connectivity index (χ0n) is 10.6. The highest BCUT2D eigenvalue weighted by Gasteiger charge is 2.17. The number of halogens is 1. The SMILES string of the molecule is CC(NC(=O)C(N)CCC(=O)O)c1cccc(F)c1. The molecule has 0 fully saturated rings. The average Bonchev–Trinajstić information content (AvgIpc) is 2.35. The Morgan fingerprint density at radius 3 is 2.74 bits per heavy atom. The average molecular weight is 268 g/mol. The Hall–Kier alpha value is -1.95. The molecule has 0 aliphatic rings. The predicted molar refractivity (Wildman–Crippen MR) is 67.8 cm³/mol. The molecule has 1 rings (SSSR count). The summed E-state index contributed by atoms with van der Waals surface area (Å²) in [6, 6.07) is 4.62. The molecule has 0 aliphatic heterocycles. The van der Waals surface area contributed by atoms with Gasteiger partial charge in [-0.1, -0.05) is 12.1 Å². The standard InChI is InChI=1S/C13H17FN2O3/c1-8(9-3-2-4-10(14)7-9)16-13(19)11(15)5-6-12(17)18/h2-4,7-8,11H,5-6,15H2,1H3,(H,16,19)(H,17,18). The molecule has 0 aliphatic carbocycles. The van der Waals surface area contributed by atoms with Gasteiger partial charge in [-0.15, -0.1) is 0 Å². The first kappa shape index (κ1) is 15.1. The van der Waals surface area contributed by atoms with Crippen LogP contribution in [0, 0.1) is 5.82 Å². The predicted octanol–water partition coefficient (Wildman–Crippen LogP) is 1.19. The lowest BCUT2D eigenvalue weighted by Gasteiger charge is -2.17. The number of carboxylic acid groups (broad SMARTS) is 1. The van der Waals surface area contributed by atoms with Gasteiger partial charge in [-0.05, 0) is 31.0 Å². The lowest BCUT2D eigenvalue weighted by Crippen LogP contribution is -2.41. The van der Waals surface area contributed by atoms with Crippen molar-refractivity contribution in [2.24, 2.45) is 5.73 Å². The van der Waals surface area contributed by atoms with Gasteiger partial charge >= 0.3 is 5.97 Å². The van der Waals surface area contributed by atoms with Crippen molar-refractivity contribution in [3.63, 3.8) is 0 Å². The van der Waals surface area contributed by atoms with E-state index in [9.17, 15) is 14.0 Å². The minimum atomic E-state index is -0.999. The van der Waals surface area contributed by atoms with Crippen LogP contribution in [0.1, 0.15) is 31.4 Å². The number of benzene rings is 1. The summed E-state index contributed by atoms with van der Waals surface area (Å²) in [6.07, 6.45) is -0.0973. The first-order chi connectivity index (χ1) is 8.90. The number of nitrogens with one attached hydrogen (secondary N) is 1. The second-order valence-electron chi connectivity index (χ2n) is 4.32. The Balaban J connectivity index is 2.54. The van der Waals surface area contributed by atoms with E-state index in [4.69, 9.17) is 10.8 Å². The first-order valence-electron chi connectivity index (χ1n) is 5.93. The Morgan fingerprint density at radius 1 is 1.47 bits per heavy atom. The van der Waals surface area contributed by atoms with Gasteiger partial charge in [-0.25, -0.2) is 4.39 Å². The van der Waals surface area contributed by atoms with Gasteiger partial charge in [-0.2, -0.15) is 0 Å². The molecule has 1 aromatic rings. The zero-order chi connectivity index (χ0) is 14.4. The van der Waals surface area contributed by atoms with Gasteiger partial charge in [0.1, 0.15) is 5.82 Å². The van der Waals surface area contributed by atoms with E-state index in [1.165, 1.54) is 12.1 Å². The van der Waals surface area contributed by atoms with Crippen molar-refractivity contribution in [2.75, 3.05) is 0 Å². The Bertz CT molecular complexity index is 465. The van der Waals surface area contributed by atoms with Crippen LogP contribution in [0.4, 0.5) is 4.39 Å². The van der Waals surface area contributed by atoms with Gasteiger partial charge < -0.3 is 16.2 Å². The maximum atomic E-state index is 13.0. The van der Waals surface area contributed by atoms with Crippen LogP contribution in [0.3, 0.4) is 0 Å². The molecule has 1 amide bonds. The highest BCUT2D eigenvalue weighted by Crippen LogP contribution is 2.13. The lowest BCUT2D eigenvalue weighted by molar-refractivity contribution is -0.137. The third-order valence-corrected chi connectivity index (χ3v) is 2.71. The quantitative estimate of drug-likeness (QED) is 0.722. The van der Waals surface area contributed by atoms with Crippen LogP contribution in [-0.4, -0.2) is 23.0 Å². The van der Waals surface area contributed by atoms with E-state index in [0.29, 0.717) is 5.56 Å². The van der Waals surface area contributed by atoms with Gasteiger partial charge in [0.2, 0.25) is 5.91 Å². The topological polar surface area (TPSA) is 92.4 Å². The Kier molecular flexibility index (Phi) is 5.44. The van der Waals surface area contributed by atoms with Crippen molar-refractivity contribution in [2.45, 2.75) is 31.8 Å². The van der Waals surface area contributed by atoms with E-state index < -0.39 is 17.9 Å². The van der Waals surface area contributed by atoms with E-state index >= 15 is 0 Å². The third kappa shape index (κ3) is 5.05. The van der Waals surface area contributed by atoms with E-state index in [0.717, 1.165) is 0 Å². The number of rotatable bonds is 6. The van der Waals surface area contributed by atoms with Gasteiger partial charge in [0, 0.05) is 6.42 Å². The fourth-order valence-corrected chi connectivity index (χ4v) is 1.59. The van der Waals surface area contributed by atoms with Crippen LogP contribution in [-0.2, 0) is 9.59 Å². The molecule has 0 radical (unpaired) electrons. The van der Waals surface area contributed by atoms with Crippen LogP contribution < -0.4 is 11.1 Å². The van der Waals surface area contributed by atoms with Crippen molar-refractivity contribution in [3.8, 4) is 0 Å². The van der Waals surface area contributed by atoms with E-state index in [1.807, 2.05) is 0 Å². The molecule has 0 heterocycles. The Morgan fingerprint density at radius 2 is 2.16 bits per heavy atom. The van der Waals surface area contributed by atoms with Crippen LogP contribution in [0.25, 0.3) is 0 Å².